The average Bonchev–Trinajstić information content (AvgIpc) is 2.55. The van der Waals surface area contributed by atoms with Crippen LogP contribution in [-0.4, -0.2) is 6.54 Å². The summed E-state index contributed by atoms with van der Waals surface area (Å²) >= 11 is 0. The Hall–Kier alpha value is -0.0400. The molecule has 0 unspecified atom stereocenters. The van der Waals surface area contributed by atoms with Gasteiger partial charge >= 0.3 is 0 Å². The Morgan fingerprint density at radius 1 is 0.875 bits per heavy atom. The summed E-state index contributed by atoms with van der Waals surface area (Å²) in [6.45, 7) is 3.22. The summed E-state index contributed by atoms with van der Waals surface area (Å²) < 4.78 is 0. The molecule has 0 aromatic heterocycles. The average molecular weight is 225 g/mol. The highest BCUT2D eigenvalue weighted by Gasteiger charge is 2.28. The zero-order chi connectivity index (χ0) is 11.7. The third-order valence-corrected chi connectivity index (χ3v) is 4.41. The summed E-state index contributed by atoms with van der Waals surface area (Å²) in [4.78, 5) is 0. The smallest absolute Gasteiger partial charge is 0.00205 e. The van der Waals surface area contributed by atoms with Gasteiger partial charge in [-0.1, -0.05) is 64.7 Å². The fourth-order valence-corrected chi connectivity index (χ4v) is 3.14. The second kappa shape index (κ2) is 8.11. The molecule has 1 saturated carbocycles. The number of hydrogen-bond donors (Lipinski definition) is 1. The highest BCUT2D eigenvalue weighted by Crippen LogP contribution is 2.38. The molecule has 0 heterocycles. The molecule has 1 aliphatic carbocycles. The van der Waals surface area contributed by atoms with Gasteiger partial charge in [0.2, 0.25) is 0 Å². The highest BCUT2D eigenvalue weighted by atomic mass is 14.6. The van der Waals surface area contributed by atoms with E-state index >= 15 is 0 Å². The zero-order valence-electron chi connectivity index (χ0n) is 11.3. The lowest BCUT2D eigenvalue weighted by molar-refractivity contribution is 0.224. The first-order valence-corrected chi connectivity index (χ1v) is 7.53. The molecule has 0 bridgehead atoms. The Balaban J connectivity index is 2.22. The summed E-state index contributed by atoms with van der Waals surface area (Å²) in [6, 6.07) is 0. The van der Waals surface area contributed by atoms with Gasteiger partial charge in [0.25, 0.3) is 0 Å². The maximum atomic E-state index is 6.05. The SMILES string of the molecule is CCCCCCCC1(CN)CCCCCC1. The Morgan fingerprint density at radius 3 is 2.06 bits per heavy atom. The monoisotopic (exact) mass is 225 g/mol. The summed E-state index contributed by atoms with van der Waals surface area (Å²) in [7, 11) is 0. The van der Waals surface area contributed by atoms with Gasteiger partial charge in [0, 0.05) is 0 Å². The van der Waals surface area contributed by atoms with Crippen LogP contribution in [0.4, 0.5) is 0 Å². The fourth-order valence-electron chi connectivity index (χ4n) is 3.14. The predicted molar refractivity (Wildman–Crippen MR) is 72.6 cm³/mol. The van der Waals surface area contributed by atoms with E-state index in [1.54, 1.807) is 0 Å². The number of hydrogen-bond acceptors (Lipinski definition) is 1. The molecule has 96 valence electrons. The molecule has 0 atom stereocenters. The zero-order valence-corrected chi connectivity index (χ0v) is 11.3. The van der Waals surface area contributed by atoms with E-state index in [0.717, 1.165) is 6.54 Å². The van der Waals surface area contributed by atoms with Gasteiger partial charge in [0.05, 0.1) is 0 Å². The number of rotatable bonds is 7. The number of unbranched alkanes of at least 4 members (excludes halogenated alkanes) is 4. The van der Waals surface area contributed by atoms with Gasteiger partial charge < -0.3 is 5.73 Å². The molecular formula is C15H31N. The van der Waals surface area contributed by atoms with Crippen LogP contribution in [0, 0.1) is 5.41 Å². The fraction of sp³-hybridized carbons (Fsp3) is 1.00. The second-order valence-electron chi connectivity index (χ2n) is 5.78. The van der Waals surface area contributed by atoms with Gasteiger partial charge in [-0.25, -0.2) is 0 Å². The lowest BCUT2D eigenvalue weighted by Gasteiger charge is -2.31. The minimum absolute atomic E-state index is 0.530. The predicted octanol–water partition coefficient (Wildman–Crippen LogP) is 4.65. The normalized spacial score (nSPS) is 20.6. The molecule has 1 aliphatic rings. The Kier molecular flexibility index (Phi) is 7.11. The van der Waals surface area contributed by atoms with Crippen molar-refractivity contribution in [3.05, 3.63) is 0 Å². The summed E-state index contributed by atoms with van der Waals surface area (Å²) in [5, 5.41) is 0. The van der Waals surface area contributed by atoms with Crippen molar-refractivity contribution in [2.45, 2.75) is 84.0 Å². The number of nitrogens with two attached hydrogens (primary N) is 1. The lowest BCUT2D eigenvalue weighted by Crippen LogP contribution is -2.30. The maximum absolute atomic E-state index is 6.05. The van der Waals surface area contributed by atoms with E-state index in [1.165, 1.54) is 77.0 Å². The van der Waals surface area contributed by atoms with Gasteiger partial charge in [0.15, 0.2) is 0 Å². The molecule has 0 aliphatic heterocycles. The van der Waals surface area contributed by atoms with Crippen molar-refractivity contribution in [1.29, 1.82) is 0 Å². The second-order valence-corrected chi connectivity index (χ2v) is 5.78. The molecule has 0 radical (unpaired) electrons. The standard InChI is InChI=1S/C15H31N/c1-2-3-4-5-8-11-15(14-16)12-9-6-7-10-13-15/h2-14,16H2,1H3. The largest absolute Gasteiger partial charge is 0.330 e. The van der Waals surface area contributed by atoms with Crippen LogP contribution in [-0.2, 0) is 0 Å². The molecule has 1 rings (SSSR count). The van der Waals surface area contributed by atoms with Crippen molar-refractivity contribution in [2.75, 3.05) is 6.54 Å². The van der Waals surface area contributed by atoms with E-state index in [4.69, 9.17) is 5.73 Å². The molecule has 1 fully saturated rings. The molecule has 0 saturated heterocycles. The molecule has 0 spiro atoms. The molecular weight excluding hydrogens is 194 g/mol. The van der Waals surface area contributed by atoms with Gasteiger partial charge in [-0.05, 0) is 31.2 Å². The van der Waals surface area contributed by atoms with Crippen LogP contribution in [0.2, 0.25) is 0 Å². The van der Waals surface area contributed by atoms with Gasteiger partial charge in [-0.3, -0.25) is 0 Å². The van der Waals surface area contributed by atoms with Crippen molar-refractivity contribution in [2.24, 2.45) is 11.1 Å². The van der Waals surface area contributed by atoms with Crippen molar-refractivity contribution in [3.63, 3.8) is 0 Å². The third-order valence-electron chi connectivity index (χ3n) is 4.41. The first kappa shape index (κ1) is 14.0. The molecule has 0 amide bonds. The van der Waals surface area contributed by atoms with Gasteiger partial charge in [0.1, 0.15) is 0 Å². The van der Waals surface area contributed by atoms with Gasteiger partial charge in [-0.15, -0.1) is 0 Å². The van der Waals surface area contributed by atoms with Crippen molar-refractivity contribution < 1.29 is 0 Å². The van der Waals surface area contributed by atoms with Crippen LogP contribution in [0.1, 0.15) is 84.0 Å². The van der Waals surface area contributed by atoms with Crippen LogP contribution in [0.15, 0.2) is 0 Å². The van der Waals surface area contributed by atoms with Crippen LogP contribution >= 0.6 is 0 Å². The molecule has 2 N–H and O–H groups in total. The Morgan fingerprint density at radius 2 is 1.50 bits per heavy atom. The van der Waals surface area contributed by atoms with E-state index in [1.807, 2.05) is 0 Å². The highest BCUT2D eigenvalue weighted by molar-refractivity contribution is 4.82. The first-order chi connectivity index (χ1) is 7.83. The summed E-state index contributed by atoms with van der Waals surface area (Å²) in [6.07, 6.45) is 17.0. The molecule has 1 heteroatoms. The minimum atomic E-state index is 0.530. The van der Waals surface area contributed by atoms with E-state index in [9.17, 15) is 0 Å². The molecule has 0 aromatic rings. The molecule has 1 nitrogen and oxygen atoms in total. The van der Waals surface area contributed by atoms with E-state index < -0.39 is 0 Å². The Bertz CT molecular complexity index is 157. The van der Waals surface area contributed by atoms with E-state index in [0.29, 0.717) is 5.41 Å². The first-order valence-electron chi connectivity index (χ1n) is 7.53. The van der Waals surface area contributed by atoms with Crippen molar-refractivity contribution in [1.82, 2.24) is 0 Å². The van der Waals surface area contributed by atoms with E-state index in [2.05, 4.69) is 6.92 Å². The third kappa shape index (κ3) is 4.86. The van der Waals surface area contributed by atoms with Crippen LogP contribution < -0.4 is 5.73 Å². The molecule has 16 heavy (non-hydrogen) atoms. The summed E-state index contributed by atoms with van der Waals surface area (Å²) in [5.41, 5.74) is 6.58. The van der Waals surface area contributed by atoms with Crippen molar-refractivity contribution in [3.8, 4) is 0 Å². The van der Waals surface area contributed by atoms with Crippen LogP contribution in [0.25, 0.3) is 0 Å². The lowest BCUT2D eigenvalue weighted by atomic mass is 9.76. The minimum Gasteiger partial charge on any atom is -0.330 e. The Labute approximate surface area is 102 Å². The van der Waals surface area contributed by atoms with Crippen molar-refractivity contribution >= 4 is 0 Å². The van der Waals surface area contributed by atoms with Crippen LogP contribution in [0.3, 0.4) is 0 Å². The summed E-state index contributed by atoms with van der Waals surface area (Å²) in [5.74, 6) is 0. The van der Waals surface area contributed by atoms with Gasteiger partial charge in [-0.2, -0.15) is 0 Å². The maximum Gasteiger partial charge on any atom is -0.00205 e. The quantitative estimate of drug-likeness (QED) is 0.495. The van der Waals surface area contributed by atoms with Crippen LogP contribution in [0.5, 0.6) is 0 Å². The molecule has 0 aromatic carbocycles. The topological polar surface area (TPSA) is 26.0 Å². The van der Waals surface area contributed by atoms with E-state index in [-0.39, 0.29) is 0 Å².